The molecule has 0 aliphatic carbocycles. The first-order valence-corrected chi connectivity index (χ1v) is 8.67. The zero-order chi connectivity index (χ0) is 19.1. The molecule has 136 valence electrons. The molecular weight excluding hydrogens is 342 g/mol. The highest BCUT2D eigenvalue weighted by Crippen LogP contribution is 2.31. The molecule has 0 bridgehead atoms. The Morgan fingerprint density at radius 2 is 1.81 bits per heavy atom. The number of ether oxygens (including phenoxy) is 1. The van der Waals surface area contributed by atoms with Crippen molar-refractivity contribution in [1.82, 2.24) is 9.97 Å². The van der Waals surface area contributed by atoms with Crippen LogP contribution in [0.3, 0.4) is 0 Å². The summed E-state index contributed by atoms with van der Waals surface area (Å²) in [7, 11) is 1.52. The lowest BCUT2D eigenvalue weighted by atomic mass is 10.0. The average molecular weight is 361 g/mol. The zero-order valence-corrected chi connectivity index (χ0v) is 15.3. The molecule has 0 saturated heterocycles. The van der Waals surface area contributed by atoms with E-state index in [4.69, 9.17) is 14.9 Å². The summed E-state index contributed by atoms with van der Waals surface area (Å²) < 4.78 is 10.7. The van der Waals surface area contributed by atoms with Crippen LogP contribution in [-0.4, -0.2) is 17.1 Å². The number of aromatic nitrogens is 2. The van der Waals surface area contributed by atoms with Gasteiger partial charge in [-0.05, 0) is 23.6 Å². The fraction of sp³-hybridized carbons (Fsp3) is 0.190. The molecule has 0 radical (unpaired) electrons. The first-order chi connectivity index (χ1) is 13.0. The van der Waals surface area contributed by atoms with Crippen LogP contribution in [0, 0.1) is 0 Å². The summed E-state index contributed by atoms with van der Waals surface area (Å²) in [6.45, 7) is 4.27. The second-order valence-corrected chi connectivity index (χ2v) is 6.66. The molecule has 2 aromatic heterocycles. The van der Waals surface area contributed by atoms with Crippen molar-refractivity contribution in [2.24, 2.45) is 0 Å². The maximum Gasteiger partial charge on any atom is 0.349 e. The van der Waals surface area contributed by atoms with E-state index in [0.717, 1.165) is 5.56 Å². The number of para-hydroxylation sites is 1. The van der Waals surface area contributed by atoms with E-state index in [2.05, 4.69) is 23.8 Å². The van der Waals surface area contributed by atoms with Crippen molar-refractivity contribution < 1.29 is 9.15 Å². The molecule has 0 aliphatic heterocycles. The normalized spacial score (nSPS) is 11.4. The third-order valence-electron chi connectivity index (χ3n) is 4.63. The van der Waals surface area contributed by atoms with E-state index in [0.29, 0.717) is 34.0 Å². The first kappa shape index (κ1) is 17.0. The highest BCUT2D eigenvalue weighted by Gasteiger charge is 2.17. The molecule has 27 heavy (non-hydrogen) atoms. The number of rotatable bonds is 3. The maximum atomic E-state index is 12.5. The predicted octanol–water partition coefficient (Wildman–Crippen LogP) is 4.12. The van der Waals surface area contributed by atoms with Gasteiger partial charge in [-0.3, -0.25) is 0 Å². The van der Waals surface area contributed by atoms with Crippen LogP contribution in [0.25, 0.3) is 33.3 Å². The average Bonchev–Trinajstić information content (AvgIpc) is 2.67. The van der Waals surface area contributed by atoms with Crippen molar-refractivity contribution >= 4 is 27.7 Å². The lowest BCUT2D eigenvalue weighted by Crippen LogP contribution is -2.08. The minimum absolute atomic E-state index is 0.0985. The molecule has 6 nitrogen and oxygen atoms in total. The van der Waals surface area contributed by atoms with Gasteiger partial charge in [-0.25, -0.2) is 14.8 Å². The van der Waals surface area contributed by atoms with Crippen LogP contribution in [0.2, 0.25) is 0 Å². The zero-order valence-electron chi connectivity index (χ0n) is 15.3. The van der Waals surface area contributed by atoms with Gasteiger partial charge in [-0.2, -0.15) is 0 Å². The van der Waals surface area contributed by atoms with E-state index in [9.17, 15) is 4.79 Å². The van der Waals surface area contributed by atoms with Crippen LogP contribution in [0.15, 0.2) is 51.7 Å². The SMILES string of the molecule is COc1cccc2c1oc(=O)c1c(N)nc(-c3ccc(C(C)C)cc3)nc12. The Hall–Kier alpha value is -3.41. The topological polar surface area (TPSA) is 91.2 Å². The molecule has 4 rings (SSSR count). The second kappa shape index (κ2) is 6.39. The number of anilines is 1. The molecule has 6 heteroatoms. The summed E-state index contributed by atoms with van der Waals surface area (Å²) in [5.74, 6) is 1.46. The third-order valence-corrected chi connectivity index (χ3v) is 4.63. The Morgan fingerprint density at radius 1 is 1.07 bits per heavy atom. The van der Waals surface area contributed by atoms with Crippen LogP contribution in [0.1, 0.15) is 25.3 Å². The molecule has 0 aliphatic rings. The molecule has 2 aromatic carbocycles. The van der Waals surface area contributed by atoms with E-state index in [1.165, 1.54) is 12.7 Å². The standard InChI is InChI=1S/C21H19N3O3/c1-11(2)12-7-9-13(10-8-12)20-23-17-14-5-4-6-15(26-3)18(14)27-21(25)16(17)19(22)24-20/h4-11H,1-3H3,(H2,22,23,24). The van der Waals surface area contributed by atoms with Crippen molar-refractivity contribution in [2.75, 3.05) is 12.8 Å². The Balaban J connectivity index is 2.02. The molecule has 4 aromatic rings. The number of hydrogen-bond donors (Lipinski definition) is 1. The van der Waals surface area contributed by atoms with Gasteiger partial charge in [0.25, 0.3) is 0 Å². The van der Waals surface area contributed by atoms with Crippen LogP contribution in [-0.2, 0) is 0 Å². The molecule has 0 unspecified atom stereocenters. The van der Waals surface area contributed by atoms with E-state index in [1.54, 1.807) is 6.07 Å². The van der Waals surface area contributed by atoms with E-state index in [-0.39, 0.29) is 11.2 Å². The van der Waals surface area contributed by atoms with Crippen molar-refractivity contribution in [3.8, 4) is 17.1 Å². The quantitative estimate of drug-likeness (QED) is 0.436. The highest BCUT2D eigenvalue weighted by molar-refractivity contribution is 6.07. The smallest absolute Gasteiger partial charge is 0.349 e. The molecule has 0 amide bonds. The number of nitrogens with two attached hydrogens (primary N) is 1. The monoisotopic (exact) mass is 361 g/mol. The number of benzene rings is 2. The fourth-order valence-corrected chi connectivity index (χ4v) is 3.13. The van der Waals surface area contributed by atoms with Crippen molar-refractivity contribution in [2.45, 2.75) is 19.8 Å². The Kier molecular flexibility index (Phi) is 4.03. The summed E-state index contributed by atoms with van der Waals surface area (Å²) in [6, 6.07) is 13.4. The fourth-order valence-electron chi connectivity index (χ4n) is 3.13. The van der Waals surface area contributed by atoms with Gasteiger partial charge in [0.1, 0.15) is 11.2 Å². The van der Waals surface area contributed by atoms with E-state index >= 15 is 0 Å². The van der Waals surface area contributed by atoms with Gasteiger partial charge in [0.05, 0.1) is 12.6 Å². The van der Waals surface area contributed by atoms with Crippen molar-refractivity contribution in [3.63, 3.8) is 0 Å². The Morgan fingerprint density at radius 3 is 2.48 bits per heavy atom. The van der Waals surface area contributed by atoms with Gasteiger partial charge < -0.3 is 14.9 Å². The van der Waals surface area contributed by atoms with Crippen molar-refractivity contribution in [3.05, 3.63) is 58.4 Å². The highest BCUT2D eigenvalue weighted by atomic mass is 16.5. The molecule has 0 spiro atoms. The molecule has 0 saturated carbocycles. The lowest BCUT2D eigenvalue weighted by Gasteiger charge is -2.10. The van der Waals surface area contributed by atoms with Gasteiger partial charge in [0, 0.05) is 10.9 Å². The number of fused-ring (bicyclic) bond motifs is 3. The molecule has 0 fully saturated rings. The number of hydrogen-bond acceptors (Lipinski definition) is 6. The van der Waals surface area contributed by atoms with E-state index < -0.39 is 5.63 Å². The van der Waals surface area contributed by atoms with E-state index in [1.807, 2.05) is 36.4 Å². The minimum atomic E-state index is -0.582. The summed E-state index contributed by atoms with van der Waals surface area (Å²) >= 11 is 0. The minimum Gasteiger partial charge on any atom is -0.493 e. The van der Waals surface area contributed by atoms with Crippen LogP contribution in [0.4, 0.5) is 5.82 Å². The third kappa shape index (κ3) is 2.79. The van der Waals surface area contributed by atoms with Gasteiger partial charge in [-0.1, -0.05) is 44.2 Å². The molecule has 0 atom stereocenters. The number of nitrogens with zero attached hydrogens (tertiary/aromatic N) is 2. The van der Waals surface area contributed by atoms with Crippen LogP contribution < -0.4 is 16.1 Å². The van der Waals surface area contributed by atoms with Gasteiger partial charge in [0.2, 0.25) is 0 Å². The molecule has 2 heterocycles. The number of nitrogen functional groups attached to an aromatic ring is 1. The molecule has 2 N–H and O–H groups in total. The summed E-state index contributed by atoms with van der Waals surface area (Å²) in [5.41, 5.74) is 8.36. The van der Waals surface area contributed by atoms with Gasteiger partial charge in [0.15, 0.2) is 17.2 Å². The number of methoxy groups -OCH3 is 1. The Labute approximate surface area is 155 Å². The summed E-state index contributed by atoms with van der Waals surface area (Å²) in [5, 5.41) is 0.830. The van der Waals surface area contributed by atoms with Crippen LogP contribution >= 0.6 is 0 Å². The lowest BCUT2D eigenvalue weighted by molar-refractivity contribution is 0.407. The largest absolute Gasteiger partial charge is 0.493 e. The first-order valence-electron chi connectivity index (χ1n) is 8.67. The van der Waals surface area contributed by atoms with Crippen LogP contribution in [0.5, 0.6) is 5.75 Å². The van der Waals surface area contributed by atoms with Crippen molar-refractivity contribution in [1.29, 1.82) is 0 Å². The summed E-state index contributed by atoms with van der Waals surface area (Å²) in [6.07, 6.45) is 0. The second-order valence-electron chi connectivity index (χ2n) is 6.66. The Bertz CT molecular complexity index is 1210. The summed E-state index contributed by atoms with van der Waals surface area (Å²) in [4.78, 5) is 21.4. The van der Waals surface area contributed by atoms with Gasteiger partial charge >= 0.3 is 5.63 Å². The maximum absolute atomic E-state index is 12.5. The molecular formula is C21H19N3O3. The van der Waals surface area contributed by atoms with Gasteiger partial charge in [-0.15, -0.1) is 0 Å². The predicted molar refractivity (Wildman–Crippen MR) is 106 cm³/mol.